The molecular formula is C25H30N6O2. The highest BCUT2D eigenvalue weighted by atomic mass is 16.2. The van der Waals surface area contributed by atoms with Crippen LogP contribution in [-0.2, 0) is 0 Å². The molecule has 2 aromatic heterocycles. The largest absolute Gasteiger partial charge is 0.350 e. The van der Waals surface area contributed by atoms with Crippen molar-refractivity contribution < 1.29 is 9.59 Å². The average molecular weight is 447 g/mol. The Balaban J connectivity index is 1.34. The fourth-order valence-corrected chi connectivity index (χ4v) is 4.47. The van der Waals surface area contributed by atoms with Crippen LogP contribution in [-0.4, -0.2) is 45.1 Å². The number of aromatic amines is 1. The van der Waals surface area contributed by atoms with Gasteiger partial charge in [0.2, 0.25) is 0 Å². The number of aryl methyl sites for hydroxylation is 1. The first-order chi connectivity index (χ1) is 16.1. The van der Waals surface area contributed by atoms with E-state index >= 15 is 0 Å². The molecule has 0 radical (unpaired) electrons. The number of amides is 2. The molecule has 172 valence electrons. The van der Waals surface area contributed by atoms with Crippen LogP contribution in [0.5, 0.6) is 0 Å². The van der Waals surface area contributed by atoms with E-state index in [4.69, 9.17) is 0 Å². The van der Waals surface area contributed by atoms with E-state index in [2.05, 4.69) is 25.5 Å². The molecule has 0 aliphatic heterocycles. The first-order valence-electron chi connectivity index (χ1n) is 11.5. The molecule has 3 aromatic rings. The predicted molar refractivity (Wildman–Crippen MR) is 126 cm³/mol. The van der Waals surface area contributed by atoms with Crippen LogP contribution in [0.2, 0.25) is 0 Å². The Morgan fingerprint density at radius 3 is 2.48 bits per heavy atom. The molecular weight excluding hydrogens is 416 g/mol. The van der Waals surface area contributed by atoms with Crippen LogP contribution in [0.3, 0.4) is 0 Å². The van der Waals surface area contributed by atoms with Gasteiger partial charge in [-0.2, -0.15) is 5.10 Å². The number of hydrogen-bond donors (Lipinski definition) is 2. The third-order valence-electron chi connectivity index (χ3n) is 6.35. The van der Waals surface area contributed by atoms with Gasteiger partial charge in [0.15, 0.2) is 0 Å². The summed E-state index contributed by atoms with van der Waals surface area (Å²) in [6, 6.07) is 9.71. The zero-order valence-electron chi connectivity index (χ0n) is 19.1. The Morgan fingerprint density at radius 1 is 1.06 bits per heavy atom. The predicted octanol–water partition coefficient (Wildman–Crippen LogP) is 3.88. The monoisotopic (exact) mass is 446 g/mol. The molecule has 0 saturated heterocycles. The number of nitrogens with one attached hydrogen (secondary N) is 2. The third-order valence-corrected chi connectivity index (χ3v) is 6.35. The summed E-state index contributed by atoms with van der Waals surface area (Å²) in [5.41, 5.74) is 3.58. The van der Waals surface area contributed by atoms with Crippen molar-refractivity contribution in [3.05, 3.63) is 71.6 Å². The summed E-state index contributed by atoms with van der Waals surface area (Å²) < 4.78 is 0. The molecule has 8 heteroatoms. The average Bonchev–Trinajstić information content (AvgIpc) is 3.34. The second kappa shape index (κ2) is 10.4. The Morgan fingerprint density at radius 2 is 1.82 bits per heavy atom. The van der Waals surface area contributed by atoms with Crippen molar-refractivity contribution in [3.63, 3.8) is 0 Å². The number of benzene rings is 1. The second-order valence-electron chi connectivity index (χ2n) is 8.55. The van der Waals surface area contributed by atoms with E-state index in [-0.39, 0.29) is 17.7 Å². The van der Waals surface area contributed by atoms with Crippen LogP contribution in [0.1, 0.15) is 70.8 Å². The van der Waals surface area contributed by atoms with E-state index in [0.29, 0.717) is 30.3 Å². The fraction of sp³-hybridized carbons (Fsp3) is 0.400. The van der Waals surface area contributed by atoms with Crippen LogP contribution >= 0.6 is 0 Å². The Labute approximate surface area is 193 Å². The Hall–Kier alpha value is -3.55. The highest BCUT2D eigenvalue weighted by Gasteiger charge is 2.29. The van der Waals surface area contributed by atoms with E-state index in [1.165, 1.54) is 6.20 Å². The topological polar surface area (TPSA) is 104 Å². The van der Waals surface area contributed by atoms with Gasteiger partial charge in [-0.15, -0.1) is 0 Å². The van der Waals surface area contributed by atoms with Gasteiger partial charge in [-0.1, -0.05) is 18.2 Å². The first-order valence-corrected chi connectivity index (χ1v) is 11.5. The fourth-order valence-electron chi connectivity index (χ4n) is 4.47. The zero-order chi connectivity index (χ0) is 23.2. The van der Waals surface area contributed by atoms with Crippen LogP contribution in [0.4, 0.5) is 5.69 Å². The van der Waals surface area contributed by atoms with Gasteiger partial charge in [0.05, 0.1) is 29.3 Å². The van der Waals surface area contributed by atoms with Crippen molar-refractivity contribution in [1.29, 1.82) is 0 Å². The number of nitrogens with zero attached hydrogens (tertiary/aromatic N) is 4. The van der Waals surface area contributed by atoms with Gasteiger partial charge in [0, 0.05) is 30.9 Å². The third kappa shape index (κ3) is 5.27. The molecule has 8 nitrogen and oxygen atoms in total. The molecule has 33 heavy (non-hydrogen) atoms. The molecule has 4 rings (SSSR count). The minimum Gasteiger partial charge on any atom is -0.350 e. The quantitative estimate of drug-likeness (QED) is 0.573. The molecule has 1 aliphatic carbocycles. The molecule has 0 unspecified atom stereocenters. The summed E-state index contributed by atoms with van der Waals surface area (Å²) in [6.45, 7) is 5.03. The Bertz CT molecular complexity index is 1070. The molecule has 1 fully saturated rings. The lowest BCUT2D eigenvalue weighted by Gasteiger charge is -2.29. The summed E-state index contributed by atoms with van der Waals surface area (Å²) in [5, 5.41) is 10.3. The highest BCUT2D eigenvalue weighted by molar-refractivity contribution is 6.06. The second-order valence-corrected chi connectivity index (χ2v) is 8.55. The molecule has 1 saturated carbocycles. The lowest BCUT2D eigenvalue weighted by Crippen LogP contribution is -2.33. The molecule has 2 amide bonds. The molecule has 0 atom stereocenters. The summed E-state index contributed by atoms with van der Waals surface area (Å²) in [5.74, 6) is 0.450. The van der Waals surface area contributed by atoms with Crippen molar-refractivity contribution in [2.45, 2.75) is 45.4 Å². The van der Waals surface area contributed by atoms with Crippen LogP contribution in [0, 0.1) is 12.8 Å². The minimum absolute atomic E-state index is 0.0268. The number of H-pyrrole nitrogens is 1. The van der Waals surface area contributed by atoms with Gasteiger partial charge in [-0.05, 0) is 57.6 Å². The van der Waals surface area contributed by atoms with Crippen LogP contribution < -0.4 is 10.2 Å². The van der Waals surface area contributed by atoms with Crippen LogP contribution in [0.25, 0.3) is 0 Å². The standard InChI is InChI=1S/C25H30N6O2/c1-3-31(20-7-5-4-6-8-20)25(33)21-15-29-30-23(21)19-11-9-18(10-12-19)14-28-24(32)22-16-26-17(2)13-27-22/h4-8,13,15-16,18-19H,3,9-12,14H2,1-2H3,(H,28,32)(H,29,30). The van der Waals surface area contributed by atoms with Crippen molar-refractivity contribution in [2.24, 2.45) is 5.92 Å². The summed E-state index contributed by atoms with van der Waals surface area (Å²) >= 11 is 0. The van der Waals surface area contributed by atoms with Crippen molar-refractivity contribution in [1.82, 2.24) is 25.5 Å². The maximum Gasteiger partial charge on any atom is 0.271 e. The number of rotatable bonds is 7. The number of hydrogen-bond acceptors (Lipinski definition) is 5. The van der Waals surface area contributed by atoms with Gasteiger partial charge in [0.25, 0.3) is 11.8 Å². The van der Waals surface area contributed by atoms with Crippen molar-refractivity contribution >= 4 is 17.5 Å². The van der Waals surface area contributed by atoms with Gasteiger partial charge in [0.1, 0.15) is 5.69 Å². The van der Waals surface area contributed by atoms with E-state index < -0.39 is 0 Å². The van der Waals surface area contributed by atoms with E-state index in [1.807, 2.05) is 44.2 Å². The number of anilines is 1. The lowest BCUT2D eigenvalue weighted by molar-refractivity contribution is 0.0935. The van der Waals surface area contributed by atoms with Gasteiger partial charge in [-0.25, -0.2) is 4.98 Å². The molecule has 0 bridgehead atoms. The molecule has 1 aliphatic rings. The normalized spacial score (nSPS) is 18.0. The molecule has 0 spiro atoms. The molecule has 2 N–H and O–H groups in total. The number of aromatic nitrogens is 4. The van der Waals surface area contributed by atoms with Gasteiger partial charge < -0.3 is 10.2 Å². The zero-order valence-corrected chi connectivity index (χ0v) is 19.1. The minimum atomic E-state index is -0.188. The van der Waals surface area contributed by atoms with Gasteiger partial charge >= 0.3 is 0 Å². The highest BCUT2D eigenvalue weighted by Crippen LogP contribution is 2.36. The van der Waals surface area contributed by atoms with E-state index in [1.54, 1.807) is 17.3 Å². The number of carbonyl (C=O) groups is 2. The smallest absolute Gasteiger partial charge is 0.271 e. The first kappa shape index (κ1) is 22.6. The molecule has 1 aromatic carbocycles. The van der Waals surface area contributed by atoms with E-state index in [0.717, 1.165) is 42.8 Å². The maximum absolute atomic E-state index is 13.3. The van der Waals surface area contributed by atoms with E-state index in [9.17, 15) is 9.59 Å². The SMILES string of the molecule is CCN(C(=O)c1cn[nH]c1C1CCC(CNC(=O)c2cnc(C)cn2)CC1)c1ccccc1. The van der Waals surface area contributed by atoms with Crippen molar-refractivity contribution in [3.8, 4) is 0 Å². The number of para-hydroxylation sites is 1. The van der Waals surface area contributed by atoms with Crippen molar-refractivity contribution in [2.75, 3.05) is 18.0 Å². The van der Waals surface area contributed by atoms with Crippen LogP contribution in [0.15, 0.2) is 48.9 Å². The lowest BCUT2D eigenvalue weighted by atomic mass is 9.79. The number of carbonyl (C=O) groups excluding carboxylic acids is 2. The Kier molecular flexibility index (Phi) is 7.12. The summed E-state index contributed by atoms with van der Waals surface area (Å²) in [6.07, 6.45) is 8.61. The summed E-state index contributed by atoms with van der Waals surface area (Å²) in [4.78, 5) is 35.7. The summed E-state index contributed by atoms with van der Waals surface area (Å²) in [7, 11) is 0. The maximum atomic E-state index is 13.3. The molecule has 2 heterocycles. The van der Waals surface area contributed by atoms with Gasteiger partial charge in [-0.3, -0.25) is 19.7 Å².